The first-order valence-corrected chi connectivity index (χ1v) is 11.8. The standard InChI is InChI=1S/C22H23N2O9P/c25-18-9-10-23(21-20(27)19(26)17(33-21)13-32-34(29,30)31)22(28)24(18)12-14-5-4-8-16(11-14)15-6-2-1-3-7-15/h1-11,17,19-21,26-27H,12-13H2,(H2,29,30,31)/t17-,19?,20+,21-/m1/s1. The molecule has 2 aromatic carbocycles. The summed E-state index contributed by atoms with van der Waals surface area (Å²) >= 11 is 0. The maximum absolute atomic E-state index is 13.1. The Bertz CT molecular complexity index is 1320. The average Bonchev–Trinajstić information content (AvgIpc) is 3.09. The van der Waals surface area contributed by atoms with Crippen LogP contribution in [0.3, 0.4) is 0 Å². The van der Waals surface area contributed by atoms with E-state index in [2.05, 4.69) is 4.52 Å². The Balaban J connectivity index is 1.60. The smallest absolute Gasteiger partial charge is 0.387 e. The molecule has 180 valence electrons. The van der Waals surface area contributed by atoms with Gasteiger partial charge in [0.2, 0.25) is 0 Å². The van der Waals surface area contributed by atoms with E-state index in [1.807, 2.05) is 48.5 Å². The van der Waals surface area contributed by atoms with E-state index >= 15 is 0 Å². The third kappa shape index (κ3) is 5.26. The fourth-order valence-corrected chi connectivity index (χ4v) is 4.14. The van der Waals surface area contributed by atoms with Gasteiger partial charge in [0.05, 0.1) is 13.2 Å². The van der Waals surface area contributed by atoms with Gasteiger partial charge < -0.3 is 24.7 Å². The summed E-state index contributed by atoms with van der Waals surface area (Å²) in [4.78, 5) is 43.3. The molecular formula is C22H23N2O9P. The van der Waals surface area contributed by atoms with Gasteiger partial charge in [-0.05, 0) is 22.8 Å². The molecular weight excluding hydrogens is 467 g/mol. The Hall–Kier alpha value is -2.89. The average molecular weight is 490 g/mol. The second-order valence-corrected chi connectivity index (χ2v) is 9.07. The predicted octanol–water partition coefficient (Wildman–Crippen LogP) is 0.454. The number of phosphoric acid groups is 1. The number of phosphoric ester groups is 1. The van der Waals surface area contributed by atoms with Crippen molar-refractivity contribution >= 4 is 7.82 Å². The molecule has 11 nitrogen and oxygen atoms in total. The van der Waals surface area contributed by atoms with Crippen LogP contribution in [0.2, 0.25) is 0 Å². The highest BCUT2D eigenvalue weighted by atomic mass is 31.2. The zero-order chi connectivity index (χ0) is 24.5. The SMILES string of the molecule is O=c1ccn([C@@H]2O[C@H](COP(=O)(O)O)C(O)[C@@H]2O)c(=O)n1Cc1cccc(-c2ccccc2)c1. The highest BCUT2D eigenvalue weighted by molar-refractivity contribution is 7.46. The summed E-state index contributed by atoms with van der Waals surface area (Å²) in [5.74, 6) is 0. The maximum Gasteiger partial charge on any atom is 0.469 e. The largest absolute Gasteiger partial charge is 0.469 e. The number of aliphatic hydroxyl groups is 2. The lowest BCUT2D eigenvalue weighted by Gasteiger charge is -2.19. The molecule has 12 heteroatoms. The van der Waals surface area contributed by atoms with Crippen molar-refractivity contribution in [2.75, 3.05) is 6.61 Å². The Morgan fingerprint density at radius 2 is 1.65 bits per heavy atom. The van der Waals surface area contributed by atoms with Crippen molar-refractivity contribution in [3.8, 4) is 11.1 Å². The Morgan fingerprint density at radius 1 is 0.941 bits per heavy atom. The van der Waals surface area contributed by atoms with Gasteiger partial charge in [0.25, 0.3) is 5.56 Å². The van der Waals surface area contributed by atoms with Gasteiger partial charge in [-0.2, -0.15) is 0 Å². The molecule has 1 aliphatic rings. The van der Waals surface area contributed by atoms with Gasteiger partial charge in [-0.25, -0.2) is 9.36 Å². The minimum absolute atomic E-state index is 0.0463. The summed E-state index contributed by atoms with van der Waals surface area (Å²) in [6.07, 6.45) is -4.74. The van der Waals surface area contributed by atoms with Crippen LogP contribution < -0.4 is 11.2 Å². The second-order valence-electron chi connectivity index (χ2n) is 7.83. The molecule has 4 N–H and O–H groups in total. The van der Waals surface area contributed by atoms with Gasteiger partial charge in [-0.15, -0.1) is 0 Å². The van der Waals surface area contributed by atoms with Crippen molar-refractivity contribution in [3.05, 3.63) is 93.3 Å². The summed E-state index contributed by atoms with van der Waals surface area (Å²) in [5.41, 5.74) is 1.22. The van der Waals surface area contributed by atoms with E-state index in [1.165, 1.54) is 0 Å². The third-order valence-corrected chi connectivity index (χ3v) is 5.97. The van der Waals surface area contributed by atoms with Gasteiger partial charge in [0.15, 0.2) is 6.23 Å². The zero-order valence-corrected chi connectivity index (χ0v) is 18.6. The van der Waals surface area contributed by atoms with Crippen LogP contribution in [0.15, 0.2) is 76.4 Å². The van der Waals surface area contributed by atoms with E-state index in [4.69, 9.17) is 14.5 Å². The quantitative estimate of drug-likeness (QED) is 0.345. The number of rotatable bonds is 7. The summed E-state index contributed by atoms with van der Waals surface area (Å²) in [7, 11) is -4.83. The van der Waals surface area contributed by atoms with E-state index < -0.39 is 50.2 Å². The van der Waals surface area contributed by atoms with Crippen molar-refractivity contribution in [1.82, 2.24) is 9.13 Å². The van der Waals surface area contributed by atoms with E-state index in [0.717, 1.165) is 32.5 Å². The molecule has 0 saturated carbocycles. The molecule has 0 amide bonds. The summed E-state index contributed by atoms with van der Waals surface area (Å²) < 4.78 is 22.6. The Kier molecular flexibility index (Phi) is 6.96. The van der Waals surface area contributed by atoms with Crippen LogP contribution in [0, 0.1) is 0 Å². The van der Waals surface area contributed by atoms with Gasteiger partial charge in [0, 0.05) is 12.3 Å². The molecule has 1 fully saturated rings. The van der Waals surface area contributed by atoms with Crippen LogP contribution >= 0.6 is 7.82 Å². The van der Waals surface area contributed by atoms with Crippen LogP contribution in [0.4, 0.5) is 0 Å². The first-order valence-electron chi connectivity index (χ1n) is 10.3. The molecule has 4 rings (SSSR count). The summed E-state index contributed by atoms with van der Waals surface area (Å²) in [5, 5.41) is 20.6. The lowest BCUT2D eigenvalue weighted by atomic mass is 10.0. The maximum atomic E-state index is 13.1. The first kappa shape index (κ1) is 24.2. The van der Waals surface area contributed by atoms with E-state index in [-0.39, 0.29) is 6.54 Å². The molecule has 1 saturated heterocycles. The molecule has 3 aromatic rings. The number of aromatic nitrogens is 2. The van der Waals surface area contributed by atoms with Gasteiger partial charge in [-0.1, -0.05) is 48.5 Å². The number of ether oxygens (including phenoxy) is 1. The minimum atomic E-state index is -4.83. The van der Waals surface area contributed by atoms with Crippen LogP contribution in [0.5, 0.6) is 0 Å². The molecule has 0 bridgehead atoms. The number of hydrogen-bond acceptors (Lipinski definition) is 7. The fraction of sp³-hybridized carbons (Fsp3) is 0.273. The molecule has 0 spiro atoms. The van der Waals surface area contributed by atoms with E-state index in [9.17, 15) is 24.4 Å². The zero-order valence-electron chi connectivity index (χ0n) is 17.7. The Labute approximate surface area is 193 Å². The van der Waals surface area contributed by atoms with Crippen molar-refractivity contribution in [2.45, 2.75) is 31.1 Å². The molecule has 1 aliphatic heterocycles. The normalized spacial score (nSPS) is 22.7. The van der Waals surface area contributed by atoms with E-state index in [1.54, 1.807) is 6.07 Å². The monoisotopic (exact) mass is 490 g/mol. The van der Waals surface area contributed by atoms with Gasteiger partial charge in [-0.3, -0.25) is 18.5 Å². The highest BCUT2D eigenvalue weighted by Crippen LogP contribution is 2.38. The number of hydrogen-bond donors (Lipinski definition) is 4. The van der Waals surface area contributed by atoms with Crippen LogP contribution in [-0.2, 0) is 20.4 Å². The first-order chi connectivity index (χ1) is 16.1. The number of aliphatic hydroxyl groups excluding tert-OH is 2. The summed E-state index contributed by atoms with van der Waals surface area (Å²) in [6.45, 7) is -0.755. The highest BCUT2D eigenvalue weighted by Gasteiger charge is 2.45. The van der Waals surface area contributed by atoms with Gasteiger partial charge >= 0.3 is 13.5 Å². The topological polar surface area (TPSA) is 160 Å². The molecule has 1 aromatic heterocycles. The van der Waals surface area contributed by atoms with Crippen molar-refractivity contribution in [1.29, 1.82) is 0 Å². The number of benzene rings is 2. The molecule has 1 unspecified atom stereocenters. The van der Waals surface area contributed by atoms with Gasteiger partial charge in [0.1, 0.15) is 18.3 Å². The third-order valence-electron chi connectivity index (χ3n) is 5.49. The molecule has 2 heterocycles. The van der Waals surface area contributed by atoms with Crippen molar-refractivity contribution in [3.63, 3.8) is 0 Å². The Morgan fingerprint density at radius 3 is 2.35 bits per heavy atom. The second kappa shape index (κ2) is 9.77. The lowest BCUT2D eigenvalue weighted by Crippen LogP contribution is -2.43. The van der Waals surface area contributed by atoms with Crippen LogP contribution in [-0.4, -0.2) is 54.1 Å². The van der Waals surface area contributed by atoms with Crippen LogP contribution in [0.1, 0.15) is 11.8 Å². The lowest BCUT2D eigenvalue weighted by molar-refractivity contribution is -0.0548. The molecule has 4 atom stereocenters. The predicted molar refractivity (Wildman–Crippen MR) is 120 cm³/mol. The van der Waals surface area contributed by atoms with Crippen molar-refractivity contribution < 1.29 is 33.8 Å². The fourth-order valence-electron chi connectivity index (χ4n) is 3.80. The molecule has 0 radical (unpaired) electrons. The van der Waals surface area contributed by atoms with Crippen molar-refractivity contribution in [2.24, 2.45) is 0 Å². The van der Waals surface area contributed by atoms with E-state index in [0.29, 0.717) is 5.56 Å². The molecule has 0 aliphatic carbocycles. The number of nitrogens with zero attached hydrogens (tertiary/aromatic N) is 2. The summed E-state index contributed by atoms with van der Waals surface area (Å²) in [6, 6.07) is 18.1. The minimum Gasteiger partial charge on any atom is -0.387 e. The molecule has 34 heavy (non-hydrogen) atoms. The van der Waals surface area contributed by atoms with Crippen LogP contribution in [0.25, 0.3) is 11.1 Å².